The molecule has 0 heterocycles. The number of carbonyl (C=O) groups excluding carboxylic acids is 2. The van der Waals surface area contributed by atoms with Crippen LogP contribution in [-0.4, -0.2) is 37.7 Å². The maximum atomic E-state index is 12.8. The smallest absolute Gasteiger partial charge is 0.316 e. The first-order valence-corrected chi connectivity index (χ1v) is 9.14. The molecule has 2 amide bonds. The third-order valence-corrected chi connectivity index (χ3v) is 4.23. The second-order valence-corrected chi connectivity index (χ2v) is 6.20. The normalized spacial score (nSPS) is 10.2. The van der Waals surface area contributed by atoms with E-state index in [2.05, 4.69) is 12.2 Å². The van der Waals surface area contributed by atoms with E-state index in [-0.39, 0.29) is 5.75 Å². The molecule has 2 N–H and O–H groups in total. The van der Waals surface area contributed by atoms with E-state index in [1.165, 1.54) is 31.3 Å². The molecular formula is C21H26N2O5. The lowest BCUT2D eigenvalue weighted by Gasteiger charge is -2.22. The van der Waals surface area contributed by atoms with Crippen molar-refractivity contribution in [3.8, 4) is 17.2 Å². The summed E-state index contributed by atoms with van der Waals surface area (Å²) in [5, 5.41) is 12.1. The van der Waals surface area contributed by atoms with Crippen LogP contribution in [-0.2, 0) is 9.59 Å². The zero-order valence-electron chi connectivity index (χ0n) is 16.4. The molecule has 2 aromatic carbocycles. The van der Waals surface area contributed by atoms with E-state index in [0.717, 1.165) is 19.3 Å². The topological polar surface area (TPSA) is 88.1 Å². The molecule has 0 saturated carbocycles. The number of amides is 2. The summed E-state index contributed by atoms with van der Waals surface area (Å²) in [5.74, 6) is -0.351. The molecule has 0 spiro atoms. The molecule has 0 saturated heterocycles. The van der Waals surface area contributed by atoms with Crippen molar-refractivity contribution in [2.24, 2.45) is 0 Å². The van der Waals surface area contributed by atoms with Gasteiger partial charge in [-0.1, -0.05) is 19.8 Å². The lowest BCUT2D eigenvalue weighted by atomic mass is 10.2. The van der Waals surface area contributed by atoms with Crippen LogP contribution in [0.3, 0.4) is 0 Å². The zero-order chi connectivity index (χ0) is 20.5. The molecule has 0 fully saturated rings. The minimum Gasteiger partial charge on any atom is -0.508 e. The lowest BCUT2D eigenvalue weighted by molar-refractivity contribution is -0.134. The molecule has 0 radical (unpaired) electrons. The molecule has 28 heavy (non-hydrogen) atoms. The highest BCUT2D eigenvalue weighted by molar-refractivity contribution is 6.44. The molecule has 0 bridgehead atoms. The van der Waals surface area contributed by atoms with Gasteiger partial charge in [0, 0.05) is 24.0 Å². The van der Waals surface area contributed by atoms with Crippen LogP contribution in [0.5, 0.6) is 17.2 Å². The maximum absolute atomic E-state index is 12.8. The van der Waals surface area contributed by atoms with Gasteiger partial charge in [-0.2, -0.15) is 0 Å². The Morgan fingerprint density at radius 1 is 1.00 bits per heavy atom. The van der Waals surface area contributed by atoms with Crippen LogP contribution in [0.15, 0.2) is 42.5 Å². The number of hydrogen-bond donors (Lipinski definition) is 2. The number of benzene rings is 2. The number of nitrogens with one attached hydrogen (secondary N) is 1. The van der Waals surface area contributed by atoms with Gasteiger partial charge in [0.15, 0.2) is 11.5 Å². The Hall–Kier alpha value is -3.22. The fraction of sp³-hybridized carbons (Fsp3) is 0.333. The summed E-state index contributed by atoms with van der Waals surface area (Å²) in [7, 11) is 3.01. The van der Waals surface area contributed by atoms with Crippen molar-refractivity contribution < 1.29 is 24.2 Å². The summed E-state index contributed by atoms with van der Waals surface area (Å²) in [5.41, 5.74) is 0.983. The van der Waals surface area contributed by atoms with Gasteiger partial charge in [0.05, 0.1) is 14.2 Å². The van der Waals surface area contributed by atoms with Crippen LogP contribution in [0.2, 0.25) is 0 Å². The van der Waals surface area contributed by atoms with Crippen LogP contribution in [0.1, 0.15) is 26.2 Å². The van der Waals surface area contributed by atoms with Crippen molar-refractivity contribution in [3.05, 3.63) is 42.5 Å². The third kappa shape index (κ3) is 5.39. The standard InChI is InChI=1S/C21H26N2O5/c1-4-5-6-13-23(16-8-10-17(24)11-9-16)21(26)20(25)22-15-7-12-18(27-2)19(14-15)28-3/h7-12,14,24H,4-6,13H2,1-3H3,(H,22,25). The summed E-state index contributed by atoms with van der Waals surface area (Å²) >= 11 is 0. The number of anilines is 2. The molecule has 150 valence electrons. The molecule has 0 aliphatic carbocycles. The van der Waals surface area contributed by atoms with E-state index < -0.39 is 11.8 Å². The van der Waals surface area contributed by atoms with Gasteiger partial charge in [0.1, 0.15) is 5.75 Å². The summed E-state index contributed by atoms with van der Waals surface area (Å²) in [4.78, 5) is 26.8. The second-order valence-electron chi connectivity index (χ2n) is 6.20. The van der Waals surface area contributed by atoms with Crippen molar-refractivity contribution in [3.63, 3.8) is 0 Å². The van der Waals surface area contributed by atoms with Gasteiger partial charge >= 0.3 is 11.8 Å². The number of rotatable bonds is 8. The Labute approximate surface area is 164 Å². The molecule has 2 rings (SSSR count). The number of nitrogens with zero attached hydrogens (tertiary/aromatic N) is 1. The predicted octanol–water partition coefficient (Wildman–Crippen LogP) is 3.57. The SMILES string of the molecule is CCCCCN(C(=O)C(=O)Nc1ccc(OC)c(OC)c1)c1ccc(O)cc1. The highest BCUT2D eigenvalue weighted by Gasteiger charge is 2.23. The number of methoxy groups -OCH3 is 2. The first kappa shape index (κ1) is 21.1. The van der Waals surface area contributed by atoms with Crippen LogP contribution in [0, 0.1) is 0 Å². The Morgan fingerprint density at radius 2 is 1.68 bits per heavy atom. The predicted molar refractivity (Wildman–Crippen MR) is 108 cm³/mol. The number of hydrogen-bond acceptors (Lipinski definition) is 5. The number of carbonyl (C=O) groups is 2. The van der Waals surface area contributed by atoms with Gasteiger partial charge in [-0.3, -0.25) is 9.59 Å². The molecule has 7 heteroatoms. The van der Waals surface area contributed by atoms with Crippen LogP contribution >= 0.6 is 0 Å². The number of unbranched alkanes of at least 4 members (excludes halogenated alkanes) is 2. The zero-order valence-corrected chi connectivity index (χ0v) is 16.4. The minimum absolute atomic E-state index is 0.0967. The van der Waals surface area contributed by atoms with Gasteiger partial charge in [-0.05, 0) is 42.8 Å². The summed E-state index contributed by atoms with van der Waals surface area (Å²) < 4.78 is 10.4. The highest BCUT2D eigenvalue weighted by Crippen LogP contribution is 2.29. The van der Waals surface area contributed by atoms with Crippen LogP contribution in [0.25, 0.3) is 0 Å². The van der Waals surface area contributed by atoms with Crippen molar-refractivity contribution >= 4 is 23.2 Å². The summed E-state index contributed by atoms with van der Waals surface area (Å²) in [6.07, 6.45) is 2.71. The Kier molecular flexibility index (Phi) is 7.68. The largest absolute Gasteiger partial charge is 0.508 e. The van der Waals surface area contributed by atoms with E-state index >= 15 is 0 Å². The third-order valence-electron chi connectivity index (χ3n) is 4.23. The first-order chi connectivity index (χ1) is 13.5. The minimum atomic E-state index is -0.753. The van der Waals surface area contributed by atoms with Gasteiger partial charge in [0.25, 0.3) is 0 Å². The van der Waals surface area contributed by atoms with Gasteiger partial charge in [-0.25, -0.2) is 0 Å². The molecule has 0 unspecified atom stereocenters. The van der Waals surface area contributed by atoms with Gasteiger partial charge in [0.2, 0.25) is 0 Å². The molecule has 0 atom stereocenters. The van der Waals surface area contributed by atoms with Crippen LogP contribution < -0.4 is 19.7 Å². The number of phenolic OH excluding ortho intramolecular Hbond substituents is 1. The second kappa shape index (κ2) is 10.2. The average molecular weight is 386 g/mol. The maximum Gasteiger partial charge on any atom is 0.316 e. The quantitative estimate of drug-likeness (QED) is 0.535. The van der Waals surface area contributed by atoms with E-state index in [1.54, 1.807) is 30.3 Å². The number of ether oxygens (including phenoxy) is 2. The highest BCUT2D eigenvalue weighted by atomic mass is 16.5. The van der Waals surface area contributed by atoms with E-state index in [4.69, 9.17) is 9.47 Å². The Balaban J connectivity index is 2.18. The van der Waals surface area contributed by atoms with Crippen molar-refractivity contribution in [1.29, 1.82) is 0 Å². The molecule has 7 nitrogen and oxygen atoms in total. The van der Waals surface area contributed by atoms with Crippen LogP contribution in [0.4, 0.5) is 11.4 Å². The first-order valence-electron chi connectivity index (χ1n) is 9.14. The Morgan fingerprint density at radius 3 is 2.29 bits per heavy atom. The fourth-order valence-electron chi connectivity index (χ4n) is 2.72. The van der Waals surface area contributed by atoms with Crippen molar-refractivity contribution in [1.82, 2.24) is 0 Å². The monoisotopic (exact) mass is 386 g/mol. The fourth-order valence-corrected chi connectivity index (χ4v) is 2.72. The lowest BCUT2D eigenvalue weighted by Crippen LogP contribution is -2.40. The van der Waals surface area contributed by atoms with Crippen molar-refractivity contribution in [2.75, 3.05) is 31.0 Å². The van der Waals surface area contributed by atoms with Crippen molar-refractivity contribution in [2.45, 2.75) is 26.2 Å². The number of aromatic hydroxyl groups is 1. The van der Waals surface area contributed by atoms with E-state index in [1.807, 2.05) is 0 Å². The number of phenols is 1. The van der Waals surface area contributed by atoms with E-state index in [0.29, 0.717) is 29.4 Å². The Bertz CT molecular complexity index is 805. The average Bonchev–Trinajstić information content (AvgIpc) is 2.71. The molecular weight excluding hydrogens is 360 g/mol. The van der Waals surface area contributed by atoms with Gasteiger partial charge in [-0.15, -0.1) is 0 Å². The molecule has 0 aliphatic heterocycles. The summed E-state index contributed by atoms with van der Waals surface area (Å²) in [6, 6.07) is 11.1. The molecule has 2 aromatic rings. The van der Waals surface area contributed by atoms with Gasteiger partial charge < -0.3 is 24.8 Å². The van der Waals surface area contributed by atoms with E-state index in [9.17, 15) is 14.7 Å². The summed E-state index contributed by atoms with van der Waals surface area (Å²) in [6.45, 7) is 2.48. The molecule has 0 aromatic heterocycles. The molecule has 0 aliphatic rings.